The molecule has 3 nitrogen and oxygen atoms in total. The van der Waals surface area contributed by atoms with Crippen molar-refractivity contribution in [3.05, 3.63) is 22.7 Å². The Balaban J connectivity index is 2.75. The maximum absolute atomic E-state index is 5.90. The van der Waals surface area contributed by atoms with Crippen LogP contribution in [0, 0.1) is 6.92 Å². The summed E-state index contributed by atoms with van der Waals surface area (Å²) in [5.74, 6) is 5.27. The summed E-state index contributed by atoms with van der Waals surface area (Å²) in [6.07, 6.45) is 0. The van der Waals surface area contributed by atoms with Crippen LogP contribution in [0.2, 0.25) is 5.02 Å². The zero-order valence-electron chi connectivity index (χ0n) is 6.97. The number of hydrogen-bond donors (Lipinski definition) is 2. The maximum atomic E-state index is 5.90. The lowest BCUT2D eigenvalue weighted by Crippen LogP contribution is -2.05. The van der Waals surface area contributed by atoms with Gasteiger partial charge in [0.25, 0.3) is 0 Å². The minimum atomic E-state index is 0.709. The first kappa shape index (κ1) is 8.74. The first-order valence-corrected chi connectivity index (χ1v) is 4.93. The van der Waals surface area contributed by atoms with Crippen molar-refractivity contribution in [2.24, 2.45) is 5.84 Å². The Morgan fingerprint density at radius 1 is 1.54 bits per heavy atom. The molecule has 0 aliphatic rings. The highest BCUT2D eigenvalue weighted by Crippen LogP contribution is 2.30. The molecule has 3 N–H and O–H groups in total. The Hall–Kier alpha value is -0.840. The van der Waals surface area contributed by atoms with Gasteiger partial charge in [-0.05, 0) is 24.6 Å². The van der Waals surface area contributed by atoms with E-state index in [0.717, 1.165) is 20.8 Å². The lowest BCUT2D eigenvalue weighted by Gasteiger charge is -1.94. The maximum Gasteiger partial charge on any atom is 0.198 e. The lowest BCUT2D eigenvalue weighted by molar-refractivity contribution is 1.30. The van der Waals surface area contributed by atoms with Gasteiger partial charge in [-0.1, -0.05) is 22.9 Å². The molecule has 1 heterocycles. The Bertz CT molecular complexity index is 452. The molecule has 0 saturated carbocycles. The molecule has 0 amide bonds. The number of thiazole rings is 1. The number of nitrogens with one attached hydrogen (secondary N) is 1. The highest BCUT2D eigenvalue weighted by molar-refractivity contribution is 7.22. The average Bonchev–Trinajstić information content (AvgIpc) is 2.47. The molecule has 1 aromatic heterocycles. The van der Waals surface area contributed by atoms with Crippen LogP contribution in [0.5, 0.6) is 0 Å². The number of hydrazine groups is 1. The topological polar surface area (TPSA) is 50.9 Å². The van der Waals surface area contributed by atoms with Crippen LogP contribution in [0.15, 0.2) is 12.1 Å². The second kappa shape index (κ2) is 3.14. The summed E-state index contributed by atoms with van der Waals surface area (Å²) in [5, 5.41) is 1.44. The summed E-state index contributed by atoms with van der Waals surface area (Å²) < 4.78 is 1.05. The van der Waals surface area contributed by atoms with Crippen molar-refractivity contribution >= 4 is 38.3 Å². The zero-order valence-corrected chi connectivity index (χ0v) is 8.54. The number of nitrogen functional groups attached to an aromatic ring is 1. The lowest BCUT2D eigenvalue weighted by atomic mass is 10.2. The van der Waals surface area contributed by atoms with Crippen LogP contribution in [-0.4, -0.2) is 4.98 Å². The van der Waals surface area contributed by atoms with Gasteiger partial charge in [0, 0.05) is 5.02 Å². The van der Waals surface area contributed by atoms with E-state index < -0.39 is 0 Å². The van der Waals surface area contributed by atoms with Crippen LogP contribution in [0.25, 0.3) is 10.2 Å². The van der Waals surface area contributed by atoms with E-state index in [9.17, 15) is 0 Å². The van der Waals surface area contributed by atoms with E-state index in [1.165, 1.54) is 11.3 Å². The van der Waals surface area contributed by atoms with Crippen molar-refractivity contribution in [3.8, 4) is 0 Å². The highest BCUT2D eigenvalue weighted by atomic mass is 35.5. The third-order valence-corrected chi connectivity index (χ3v) is 2.93. The number of fused-ring (bicyclic) bond motifs is 1. The van der Waals surface area contributed by atoms with Crippen molar-refractivity contribution in [1.82, 2.24) is 4.98 Å². The molecule has 0 aliphatic carbocycles. The Morgan fingerprint density at radius 2 is 2.31 bits per heavy atom. The van der Waals surface area contributed by atoms with E-state index in [-0.39, 0.29) is 0 Å². The quantitative estimate of drug-likeness (QED) is 0.566. The summed E-state index contributed by atoms with van der Waals surface area (Å²) in [6.45, 7) is 1.98. The van der Waals surface area contributed by atoms with Crippen LogP contribution < -0.4 is 11.3 Å². The van der Waals surface area contributed by atoms with Crippen molar-refractivity contribution < 1.29 is 0 Å². The Labute approximate surface area is 84.5 Å². The van der Waals surface area contributed by atoms with Crippen LogP contribution >= 0.6 is 22.9 Å². The molecule has 2 rings (SSSR count). The average molecular weight is 214 g/mol. The van der Waals surface area contributed by atoms with Gasteiger partial charge in [-0.2, -0.15) is 0 Å². The van der Waals surface area contributed by atoms with Gasteiger partial charge >= 0.3 is 0 Å². The number of aryl methyl sites for hydroxylation is 1. The second-order valence-electron chi connectivity index (χ2n) is 2.73. The van der Waals surface area contributed by atoms with E-state index in [4.69, 9.17) is 17.4 Å². The van der Waals surface area contributed by atoms with Crippen LogP contribution in [0.4, 0.5) is 5.13 Å². The number of anilines is 1. The summed E-state index contributed by atoms with van der Waals surface area (Å²) in [5.41, 5.74) is 4.56. The summed E-state index contributed by atoms with van der Waals surface area (Å²) in [4.78, 5) is 4.30. The third kappa shape index (κ3) is 1.48. The van der Waals surface area contributed by atoms with E-state index in [0.29, 0.717) is 5.13 Å². The predicted octanol–water partition coefficient (Wildman–Crippen LogP) is 2.54. The Morgan fingerprint density at radius 3 is 3.00 bits per heavy atom. The molecule has 13 heavy (non-hydrogen) atoms. The van der Waals surface area contributed by atoms with Gasteiger partial charge in [0.15, 0.2) is 5.13 Å². The summed E-state index contributed by atoms with van der Waals surface area (Å²) >= 11 is 7.40. The van der Waals surface area contributed by atoms with E-state index in [1.807, 2.05) is 19.1 Å². The van der Waals surface area contributed by atoms with Gasteiger partial charge in [-0.3, -0.25) is 5.43 Å². The standard InChI is InChI=1S/C8H8ClN3S/c1-4-2-5(9)3-6-7(4)11-8(12-10)13-6/h2-3H,10H2,1H3,(H,11,12). The van der Waals surface area contributed by atoms with Gasteiger partial charge in [0.2, 0.25) is 0 Å². The first-order chi connectivity index (χ1) is 6.20. The van der Waals surface area contributed by atoms with E-state index in [2.05, 4.69) is 10.4 Å². The molecule has 0 aliphatic heterocycles. The molecule has 0 atom stereocenters. The molecule has 1 aromatic carbocycles. The number of halogens is 1. The molecule has 0 bridgehead atoms. The van der Waals surface area contributed by atoms with Gasteiger partial charge in [0.1, 0.15) is 0 Å². The number of benzene rings is 1. The van der Waals surface area contributed by atoms with Crippen LogP contribution in [0.3, 0.4) is 0 Å². The molecule has 0 saturated heterocycles. The molecule has 0 radical (unpaired) electrons. The molecule has 5 heteroatoms. The SMILES string of the molecule is Cc1cc(Cl)cc2sc(NN)nc12. The van der Waals surface area contributed by atoms with Crippen molar-refractivity contribution in [2.45, 2.75) is 6.92 Å². The molecule has 2 aromatic rings. The van der Waals surface area contributed by atoms with Gasteiger partial charge in [0.05, 0.1) is 10.2 Å². The van der Waals surface area contributed by atoms with Crippen molar-refractivity contribution in [3.63, 3.8) is 0 Å². The van der Waals surface area contributed by atoms with Crippen molar-refractivity contribution in [2.75, 3.05) is 5.43 Å². The Kier molecular flexibility index (Phi) is 2.11. The number of nitrogens with two attached hydrogens (primary N) is 1. The molecule has 0 fully saturated rings. The fourth-order valence-electron chi connectivity index (χ4n) is 1.22. The zero-order chi connectivity index (χ0) is 9.42. The minimum Gasteiger partial charge on any atom is -0.300 e. The van der Waals surface area contributed by atoms with E-state index in [1.54, 1.807) is 0 Å². The smallest absolute Gasteiger partial charge is 0.198 e. The predicted molar refractivity (Wildman–Crippen MR) is 57.2 cm³/mol. The molecule has 68 valence electrons. The van der Waals surface area contributed by atoms with Crippen LogP contribution in [0.1, 0.15) is 5.56 Å². The normalized spacial score (nSPS) is 10.7. The second-order valence-corrected chi connectivity index (χ2v) is 4.20. The largest absolute Gasteiger partial charge is 0.300 e. The number of nitrogens with zero attached hydrogens (tertiary/aromatic N) is 1. The fraction of sp³-hybridized carbons (Fsp3) is 0.125. The monoisotopic (exact) mass is 213 g/mol. The summed E-state index contributed by atoms with van der Waals surface area (Å²) in [6, 6.07) is 3.78. The van der Waals surface area contributed by atoms with E-state index >= 15 is 0 Å². The van der Waals surface area contributed by atoms with Crippen molar-refractivity contribution in [1.29, 1.82) is 0 Å². The van der Waals surface area contributed by atoms with Gasteiger partial charge < -0.3 is 0 Å². The molecule has 0 spiro atoms. The summed E-state index contributed by atoms with van der Waals surface area (Å²) in [7, 11) is 0. The third-order valence-electron chi connectivity index (χ3n) is 1.77. The molecular formula is C8H8ClN3S. The molecule has 0 unspecified atom stereocenters. The van der Waals surface area contributed by atoms with Crippen LogP contribution in [-0.2, 0) is 0 Å². The number of aromatic nitrogens is 1. The molecular weight excluding hydrogens is 206 g/mol. The number of rotatable bonds is 1. The van der Waals surface area contributed by atoms with Gasteiger partial charge in [-0.25, -0.2) is 10.8 Å². The fourth-order valence-corrected chi connectivity index (χ4v) is 2.45. The first-order valence-electron chi connectivity index (χ1n) is 3.74. The van der Waals surface area contributed by atoms with Gasteiger partial charge in [-0.15, -0.1) is 0 Å². The number of hydrogen-bond acceptors (Lipinski definition) is 4. The minimum absolute atomic E-state index is 0.709. The highest BCUT2D eigenvalue weighted by Gasteiger charge is 2.05.